The minimum absolute atomic E-state index is 0.715. The molecule has 0 amide bonds. The number of pyridine rings is 2. The minimum Gasteiger partial charge on any atom is -0.397 e. The van der Waals surface area contributed by atoms with E-state index < -0.39 is 0 Å². The van der Waals surface area contributed by atoms with E-state index in [0.717, 1.165) is 17.2 Å². The van der Waals surface area contributed by atoms with Crippen molar-refractivity contribution in [2.24, 2.45) is 0 Å². The van der Waals surface area contributed by atoms with E-state index in [4.69, 9.17) is 5.73 Å². The molecule has 4 nitrogen and oxygen atoms in total. The van der Waals surface area contributed by atoms with Crippen LogP contribution in [0.2, 0.25) is 0 Å². The molecule has 0 aliphatic rings. The summed E-state index contributed by atoms with van der Waals surface area (Å²) in [5, 5.41) is 0. The Hall–Kier alpha value is -2.10. The smallest absolute Gasteiger partial charge is 0.133 e. The summed E-state index contributed by atoms with van der Waals surface area (Å²) >= 11 is 0. The van der Waals surface area contributed by atoms with E-state index in [0.29, 0.717) is 5.69 Å². The first-order valence-corrected chi connectivity index (χ1v) is 5.05. The molecule has 0 radical (unpaired) electrons. The van der Waals surface area contributed by atoms with E-state index in [1.165, 1.54) is 0 Å². The van der Waals surface area contributed by atoms with Crippen LogP contribution in [0, 0.1) is 6.92 Å². The lowest BCUT2D eigenvalue weighted by atomic mass is 10.3. The molecule has 16 heavy (non-hydrogen) atoms. The predicted molar refractivity (Wildman–Crippen MR) is 65.7 cm³/mol. The molecule has 0 aromatic carbocycles. The zero-order valence-corrected chi connectivity index (χ0v) is 9.38. The molecule has 0 bridgehead atoms. The Morgan fingerprint density at radius 1 is 1.12 bits per heavy atom. The van der Waals surface area contributed by atoms with Gasteiger partial charge in [0.2, 0.25) is 0 Å². The van der Waals surface area contributed by atoms with E-state index in [1.807, 2.05) is 43.1 Å². The summed E-state index contributed by atoms with van der Waals surface area (Å²) in [6.45, 7) is 1.90. The summed E-state index contributed by atoms with van der Waals surface area (Å²) < 4.78 is 0. The fraction of sp³-hybridized carbons (Fsp3) is 0.167. The Labute approximate surface area is 94.8 Å². The first-order chi connectivity index (χ1) is 7.68. The number of nitrogens with zero attached hydrogens (tertiary/aromatic N) is 3. The number of aryl methyl sites for hydroxylation is 1. The summed E-state index contributed by atoms with van der Waals surface area (Å²) in [6, 6.07) is 7.65. The first kappa shape index (κ1) is 10.4. The number of hydrogen-bond donors (Lipinski definition) is 1. The molecule has 82 valence electrons. The Morgan fingerprint density at radius 2 is 1.81 bits per heavy atom. The van der Waals surface area contributed by atoms with Crippen molar-refractivity contribution in [2.45, 2.75) is 6.92 Å². The van der Waals surface area contributed by atoms with Crippen molar-refractivity contribution in [1.82, 2.24) is 9.97 Å². The van der Waals surface area contributed by atoms with Crippen LogP contribution in [0.15, 0.2) is 36.7 Å². The second-order valence-corrected chi connectivity index (χ2v) is 3.61. The molecule has 2 rings (SSSR count). The number of rotatable bonds is 2. The van der Waals surface area contributed by atoms with Gasteiger partial charge in [0.25, 0.3) is 0 Å². The molecule has 0 unspecified atom stereocenters. The van der Waals surface area contributed by atoms with E-state index in [2.05, 4.69) is 9.97 Å². The average Bonchev–Trinajstić information content (AvgIpc) is 2.33. The van der Waals surface area contributed by atoms with E-state index in [1.54, 1.807) is 12.4 Å². The van der Waals surface area contributed by atoms with Crippen LogP contribution in [-0.4, -0.2) is 17.0 Å². The van der Waals surface area contributed by atoms with Crippen LogP contribution in [0.4, 0.5) is 17.2 Å². The highest BCUT2D eigenvalue weighted by Gasteiger charge is 2.05. The third-order valence-corrected chi connectivity index (χ3v) is 2.51. The van der Waals surface area contributed by atoms with E-state index in [9.17, 15) is 0 Å². The van der Waals surface area contributed by atoms with Crippen molar-refractivity contribution >= 4 is 17.2 Å². The van der Waals surface area contributed by atoms with Crippen LogP contribution >= 0.6 is 0 Å². The number of nitrogen functional groups attached to an aromatic ring is 1. The van der Waals surface area contributed by atoms with Gasteiger partial charge in [0.15, 0.2) is 0 Å². The van der Waals surface area contributed by atoms with Gasteiger partial charge in [-0.05, 0) is 31.2 Å². The lowest BCUT2D eigenvalue weighted by Crippen LogP contribution is -2.12. The van der Waals surface area contributed by atoms with Crippen LogP contribution in [0.25, 0.3) is 0 Å². The van der Waals surface area contributed by atoms with Gasteiger partial charge in [-0.15, -0.1) is 0 Å². The Bertz CT molecular complexity index is 482. The number of hydrogen-bond acceptors (Lipinski definition) is 4. The van der Waals surface area contributed by atoms with Gasteiger partial charge >= 0.3 is 0 Å². The highest BCUT2D eigenvalue weighted by molar-refractivity contribution is 5.60. The van der Waals surface area contributed by atoms with E-state index in [-0.39, 0.29) is 0 Å². The van der Waals surface area contributed by atoms with Crippen molar-refractivity contribution in [3.05, 3.63) is 42.4 Å². The predicted octanol–water partition coefficient (Wildman–Crippen LogP) is 2.14. The molecule has 2 heterocycles. The second kappa shape index (κ2) is 4.18. The molecule has 0 atom stereocenters. The van der Waals surface area contributed by atoms with Crippen LogP contribution in [0.3, 0.4) is 0 Å². The average molecular weight is 214 g/mol. The molecule has 4 heteroatoms. The van der Waals surface area contributed by atoms with Gasteiger partial charge in [0, 0.05) is 25.1 Å². The van der Waals surface area contributed by atoms with Crippen molar-refractivity contribution in [3.8, 4) is 0 Å². The molecule has 0 aliphatic carbocycles. The van der Waals surface area contributed by atoms with Crippen molar-refractivity contribution < 1.29 is 0 Å². The highest BCUT2D eigenvalue weighted by atomic mass is 15.2. The fourth-order valence-electron chi connectivity index (χ4n) is 1.45. The van der Waals surface area contributed by atoms with Gasteiger partial charge in [-0.1, -0.05) is 0 Å². The van der Waals surface area contributed by atoms with Crippen LogP contribution < -0.4 is 10.6 Å². The van der Waals surface area contributed by atoms with E-state index >= 15 is 0 Å². The molecule has 2 N–H and O–H groups in total. The molecule has 2 aromatic heterocycles. The zero-order chi connectivity index (χ0) is 11.5. The number of aromatic nitrogens is 2. The lowest BCUT2D eigenvalue weighted by Gasteiger charge is -2.18. The van der Waals surface area contributed by atoms with Gasteiger partial charge in [0.05, 0.1) is 11.4 Å². The molecular formula is C12H14N4. The first-order valence-electron chi connectivity index (χ1n) is 5.05. The zero-order valence-electron chi connectivity index (χ0n) is 9.38. The quantitative estimate of drug-likeness (QED) is 0.832. The number of anilines is 3. The molecule has 0 saturated heterocycles. The molecule has 2 aromatic rings. The maximum Gasteiger partial charge on any atom is 0.133 e. The molecule has 0 spiro atoms. The van der Waals surface area contributed by atoms with Crippen LogP contribution in [0.1, 0.15) is 5.69 Å². The minimum atomic E-state index is 0.715. The summed E-state index contributed by atoms with van der Waals surface area (Å²) in [7, 11) is 1.97. The largest absolute Gasteiger partial charge is 0.397 e. The molecule has 0 aliphatic heterocycles. The Kier molecular flexibility index (Phi) is 2.72. The second-order valence-electron chi connectivity index (χ2n) is 3.61. The topological polar surface area (TPSA) is 55.0 Å². The summed E-state index contributed by atoms with van der Waals surface area (Å²) in [5.74, 6) is 0.873. The molecule has 0 saturated carbocycles. The standard InChI is InChI=1S/C12H14N4/c1-9-11(13)3-4-12(15-9)16(2)10-5-7-14-8-6-10/h3-8H,13H2,1-2H3. The van der Waals surface area contributed by atoms with Gasteiger partial charge in [-0.2, -0.15) is 0 Å². The molecular weight excluding hydrogens is 200 g/mol. The van der Waals surface area contributed by atoms with Gasteiger partial charge in [0.1, 0.15) is 5.82 Å². The third-order valence-electron chi connectivity index (χ3n) is 2.51. The Morgan fingerprint density at radius 3 is 2.44 bits per heavy atom. The van der Waals surface area contributed by atoms with Crippen molar-refractivity contribution in [2.75, 3.05) is 17.7 Å². The van der Waals surface area contributed by atoms with Gasteiger partial charge in [-0.3, -0.25) is 4.98 Å². The molecule has 0 fully saturated rings. The normalized spacial score (nSPS) is 10.1. The van der Waals surface area contributed by atoms with Gasteiger partial charge in [-0.25, -0.2) is 4.98 Å². The maximum atomic E-state index is 5.74. The summed E-state index contributed by atoms with van der Waals surface area (Å²) in [6.07, 6.45) is 3.52. The van der Waals surface area contributed by atoms with Crippen LogP contribution in [-0.2, 0) is 0 Å². The highest BCUT2D eigenvalue weighted by Crippen LogP contribution is 2.22. The van der Waals surface area contributed by atoms with Crippen LogP contribution in [0.5, 0.6) is 0 Å². The van der Waals surface area contributed by atoms with Gasteiger partial charge < -0.3 is 10.6 Å². The Balaban J connectivity index is 2.34. The summed E-state index contributed by atoms with van der Waals surface area (Å²) in [4.78, 5) is 10.4. The maximum absolute atomic E-state index is 5.74. The lowest BCUT2D eigenvalue weighted by molar-refractivity contribution is 1.09. The van der Waals surface area contributed by atoms with Crippen molar-refractivity contribution in [3.63, 3.8) is 0 Å². The third kappa shape index (κ3) is 1.95. The monoisotopic (exact) mass is 214 g/mol. The summed E-state index contributed by atoms with van der Waals surface area (Å²) in [5.41, 5.74) is 8.34. The van der Waals surface area contributed by atoms with Crippen molar-refractivity contribution in [1.29, 1.82) is 0 Å². The number of nitrogens with two attached hydrogens (primary N) is 1. The SMILES string of the molecule is Cc1nc(N(C)c2ccncc2)ccc1N. The fourth-order valence-corrected chi connectivity index (χ4v) is 1.45.